The van der Waals surface area contributed by atoms with E-state index in [1.54, 1.807) is 12.4 Å². The molecule has 0 amide bonds. The van der Waals surface area contributed by atoms with Crippen molar-refractivity contribution in [3.05, 3.63) is 42.7 Å². The summed E-state index contributed by atoms with van der Waals surface area (Å²) in [6.07, 6.45) is 3.52. The van der Waals surface area contributed by atoms with Crippen LogP contribution in [0.1, 0.15) is 0 Å². The Labute approximate surface area is 110 Å². The lowest BCUT2D eigenvalue weighted by Gasteiger charge is -2.02. The van der Waals surface area contributed by atoms with Gasteiger partial charge in [0.1, 0.15) is 18.2 Å². The summed E-state index contributed by atoms with van der Waals surface area (Å²) in [5.74, 6) is 1.60. The minimum atomic E-state index is 0.502. The fourth-order valence-electron chi connectivity index (χ4n) is 1.89. The molecule has 1 aromatic carbocycles. The van der Waals surface area contributed by atoms with Crippen LogP contribution in [0.4, 0.5) is 0 Å². The highest BCUT2D eigenvalue weighted by Crippen LogP contribution is 2.23. The molecule has 3 N–H and O–H groups in total. The van der Waals surface area contributed by atoms with Gasteiger partial charge in [-0.15, -0.1) is 0 Å². The van der Waals surface area contributed by atoms with E-state index >= 15 is 0 Å². The SMILES string of the molecule is NCCOc1ccc2nc(-c3cccnc3)[nH]c2c1. The average molecular weight is 254 g/mol. The van der Waals surface area contributed by atoms with Crippen LogP contribution in [0.5, 0.6) is 5.75 Å². The van der Waals surface area contributed by atoms with Crippen molar-refractivity contribution in [1.29, 1.82) is 0 Å². The van der Waals surface area contributed by atoms with Gasteiger partial charge in [0.05, 0.1) is 11.0 Å². The number of hydrogen-bond donors (Lipinski definition) is 2. The second-order valence-corrected chi connectivity index (χ2v) is 4.14. The molecule has 0 aliphatic heterocycles. The van der Waals surface area contributed by atoms with Crippen LogP contribution in [-0.2, 0) is 0 Å². The van der Waals surface area contributed by atoms with Gasteiger partial charge in [-0.2, -0.15) is 0 Å². The molecule has 0 bridgehead atoms. The van der Waals surface area contributed by atoms with E-state index in [0.717, 1.165) is 28.2 Å². The number of rotatable bonds is 4. The van der Waals surface area contributed by atoms with Gasteiger partial charge in [-0.05, 0) is 24.3 Å². The monoisotopic (exact) mass is 254 g/mol. The second-order valence-electron chi connectivity index (χ2n) is 4.14. The summed E-state index contributed by atoms with van der Waals surface area (Å²) in [7, 11) is 0. The Balaban J connectivity index is 1.97. The van der Waals surface area contributed by atoms with Crippen molar-refractivity contribution in [2.75, 3.05) is 13.2 Å². The molecular formula is C14H14N4O. The van der Waals surface area contributed by atoms with E-state index in [1.807, 2.05) is 30.3 Å². The Hall–Kier alpha value is -2.40. The zero-order valence-corrected chi connectivity index (χ0v) is 10.3. The number of imidazole rings is 1. The van der Waals surface area contributed by atoms with E-state index in [0.29, 0.717) is 13.2 Å². The number of fused-ring (bicyclic) bond motifs is 1. The largest absolute Gasteiger partial charge is 0.492 e. The van der Waals surface area contributed by atoms with E-state index in [1.165, 1.54) is 0 Å². The minimum absolute atomic E-state index is 0.502. The third-order valence-electron chi connectivity index (χ3n) is 2.77. The quantitative estimate of drug-likeness (QED) is 0.746. The molecule has 96 valence electrons. The molecule has 0 radical (unpaired) electrons. The number of hydrogen-bond acceptors (Lipinski definition) is 4. The van der Waals surface area contributed by atoms with Gasteiger partial charge in [0, 0.05) is 30.6 Å². The summed E-state index contributed by atoms with van der Waals surface area (Å²) in [6, 6.07) is 9.61. The summed E-state index contributed by atoms with van der Waals surface area (Å²) < 4.78 is 5.49. The van der Waals surface area contributed by atoms with Crippen molar-refractivity contribution in [2.24, 2.45) is 5.73 Å². The van der Waals surface area contributed by atoms with E-state index in [9.17, 15) is 0 Å². The van der Waals surface area contributed by atoms with Gasteiger partial charge in [0.25, 0.3) is 0 Å². The molecule has 0 unspecified atom stereocenters. The molecule has 2 aromatic heterocycles. The first kappa shape index (κ1) is 11.7. The number of benzene rings is 1. The molecule has 3 aromatic rings. The highest BCUT2D eigenvalue weighted by atomic mass is 16.5. The summed E-state index contributed by atoms with van der Waals surface area (Å²) in [5, 5.41) is 0. The maximum absolute atomic E-state index is 5.49. The van der Waals surface area contributed by atoms with Crippen LogP contribution < -0.4 is 10.5 Å². The molecule has 0 atom stereocenters. The Morgan fingerprint density at radius 3 is 3.00 bits per heavy atom. The number of nitrogens with zero attached hydrogens (tertiary/aromatic N) is 2. The number of pyridine rings is 1. The molecule has 0 spiro atoms. The molecule has 0 aliphatic rings. The lowest BCUT2D eigenvalue weighted by Crippen LogP contribution is -2.10. The Bertz CT molecular complexity index is 678. The van der Waals surface area contributed by atoms with E-state index in [2.05, 4.69) is 15.0 Å². The number of aromatic amines is 1. The van der Waals surface area contributed by atoms with Crippen LogP contribution in [-0.4, -0.2) is 28.1 Å². The standard InChI is InChI=1S/C14H14N4O/c15-5-7-19-11-3-4-12-13(8-11)18-14(17-12)10-2-1-6-16-9-10/h1-4,6,8-9H,5,7,15H2,(H,17,18). The first-order valence-electron chi connectivity index (χ1n) is 6.10. The summed E-state index contributed by atoms with van der Waals surface area (Å²) in [6.45, 7) is 1.01. The smallest absolute Gasteiger partial charge is 0.140 e. The molecular weight excluding hydrogens is 240 g/mol. The normalized spacial score (nSPS) is 10.8. The van der Waals surface area contributed by atoms with Crippen molar-refractivity contribution in [1.82, 2.24) is 15.0 Å². The van der Waals surface area contributed by atoms with E-state index < -0.39 is 0 Å². The fourth-order valence-corrected chi connectivity index (χ4v) is 1.89. The highest BCUT2D eigenvalue weighted by molar-refractivity contribution is 5.80. The maximum Gasteiger partial charge on any atom is 0.140 e. The van der Waals surface area contributed by atoms with E-state index in [4.69, 9.17) is 10.5 Å². The van der Waals surface area contributed by atoms with Crippen LogP contribution in [0.15, 0.2) is 42.7 Å². The Morgan fingerprint density at radius 1 is 1.26 bits per heavy atom. The lowest BCUT2D eigenvalue weighted by molar-refractivity contribution is 0.328. The number of aromatic nitrogens is 3. The predicted molar refractivity (Wildman–Crippen MR) is 73.9 cm³/mol. The van der Waals surface area contributed by atoms with Gasteiger partial charge in [-0.1, -0.05) is 0 Å². The maximum atomic E-state index is 5.49. The fraction of sp³-hybridized carbons (Fsp3) is 0.143. The number of ether oxygens (including phenoxy) is 1. The number of H-pyrrole nitrogens is 1. The number of nitrogens with one attached hydrogen (secondary N) is 1. The van der Waals surface area contributed by atoms with Gasteiger partial charge < -0.3 is 15.5 Å². The van der Waals surface area contributed by atoms with Crippen LogP contribution in [0.25, 0.3) is 22.4 Å². The van der Waals surface area contributed by atoms with Gasteiger partial charge in [0.2, 0.25) is 0 Å². The highest BCUT2D eigenvalue weighted by Gasteiger charge is 2.06. The van der Waals surface area contributed by atoms with Gasteiger partial charge in [-0.3, -0.25) is 4.98 Å². The molecule has 5 nitrogen and oxygen atoms in total. The van der Waals surface area contributed by atoms with Gasteiger partial charge >= 0.3 is 0 Å². The van der Waals surface area contributed by atoms with Gasteiger partial charge in [-0.25, -0.2) is 4.98 Å². The summed E-state index contributed by atoms with van der Waals surface area (Å²) in [4.78, 5) is 11.9. The number of nitrogens with two attached hydrogens (primary N) is 1. The third kappa shape index (κ3) is 2.41. The van der Waals surface area contributed by atoms with Crippen LogP contribution >= 0.6 is 0 Å². The van der Waals surface area contributed by atoms with Crippen molar-refractivity contribution in [3.8, 4) is 17.1 Å². The zero-order chi connectivity index (χ0) is 13.1. The van der Waals surface area contributed by atoms with Crippen molar-refractivity contribution >= 4 is 11.0 Å². The van der Waals surface area contributed by atoms with Crippen LogP contribution in [0.3, 0.4) is 0 Å². The lowest BCUT2D eigenvalue weighted by atomic mass is 10.3. The van der Waals surface area contributed by atoms with Gasteiger partial charge in [0.15, 0.2) is 0 Å². The second kappa shape index (κ2) is 5.07. The topological polar surface area (TPSA) is 76.8 Å². The zero-order valence-electron chi connectivity index (χ0n) is 10.3. The molecule has 0 aliphatic carbocycles. The Kier molecular flexibility index (Phi) is 3.12. The van der Waals surface area contributed by atoms with Crippen molar-refractivity contribution < 1.29 is 4.74 Å². The molecule has 19 heavy (non-hydrogen) atoms. The predicted octanol–water partition coefficient (Wildman–Crippen LogP) is 1.96. The first-order valence-corrected chi connectivity index (χ1v) is 6.10. The molecule has 2 heterocycles. The molecule has 0 fully saturated rings. The summed E-state index contributed by atoms with van der Waals surface area (Å²) >= 11 is 0. The molecule has 3 rings (SSSR count). The van der Waals surface area contributed by atoms with E-state index in [-0.39, 0.29) is 0 Å². The molecule has 5 heteroatoms. The summed E-state index contributed by atoms with van der Waals surface area (Å²) in [5.41, 5.74) is 8.22. The van der Waals surface area contributed by atoms with Crippen molar-refractivity contribution in [3.63, 3.8) is 0 Å². The van der Waals surface area contributed by atoms with Crippen LogP contribution in [0, 0.1) is 0 Å². The molecule has 0 saturated heterocycles. The van der Waals surface area contributed by atoms with Crippen molar-refractivity contribution in [2.45, 2.75) is 0 Å². The minimum Gasteiger partial charge on any atom is -0.492 e. The first-order chi connectivity index (χ1) is 9.36. The molecule has 0 saturated carbocycles. The van der Waals surface area contributed by atoms with Crippen LogP contribution in [0.2, 0.25) is 0 Å². The average Bonchev–Trinajstić information content (AvgIpc) is 2.89. The Morgan fingerprint density at radius 2 is 2.21 bits per heavy atom. The third-order valence-corrected chi connectivity index (χ3v) is 2.77.